The number of carbonyl (C=O) groups excluding carboxylic acids is 1. The molecule has 0 amide bonds. The summed E-state index contributed by atoms with van der Waals surface area (Å²) >= 11 is 9.65. The molecule has 1 nitrogen and oxygen atoms in total. The molecule has 1 aromatic rings. The third kappa shape index (κ3) is 1.85. The van der Waals surface area contributed by atoms with Crippen LogP contribution in [-0.4, -0.2) is 5.78 Å². The van der Waals surface area contributed by atoms with E-state index in [1.54, 1.807) is 0 Å². The van der Waals surface area contributed by atoms with Gasteiger partial charge in [-0.05, 0) is 24.1 Å². The van der Waals surface area contributed by atoms with Gasteiger partial charge in [-0.3, -0.25) is 4.79 Å². The molecular weight excluding hydrogens is 275 g/mol. The monoisotopic (exact) mass is 286 g/mol. The van der Waals surface area contributed by atoms with Crippen LogP contribution in [0.3, 0.4) is 0 Å². The third-order valence-corrected chi connectivity index (χ3v) is 4.24. The maximum absolute atomic E-state index is 11.1. The van der Waals surface area contributed by atoms with Gasteiger partial charge >= 0.3 is 0 Å². The Morgan fingerprint density at radius 3 is 2.53 bits per heavy atom. The van der Waals surface area contributed by atoms with Gasteiger partial charge in [0.15, 0.2) is 0 Å². The predicted octanol–water partition coefficient (Wildman–Crippen LogP) is 4.03. The number of rotatable bonds is 1. The van der Waals surface area contributed by atoms with Crippen molar-refractivity contribution in [2.24, 2.45) is 0 Å². The van der Waals surface area contributed by atoms with Gasteiger partial charge in [-0.2, -0.15) is 0 Å². The Balaban J connectivity index is 2.45. The van der Waals surface area contributed by atoms with Crippen LogP contribution in [0.15, 0.2) is 16.6 Å². The van der Waals surface area contributed by atoms with E-state index in [-0.39, 0.29) is 5.41 Å². The van der Waals surface area contributed by atoms with E-state index in [9.17, 15) is 4.79 Å². The zero-order valence-corrected chi connectivity index (χ0v) is 11.1. The first-order chi connectivity index (χ1) is 6.92. The minimum absolute atomic E-state index is 0.0420. The Bertz CT molecular complexity index is 431. The largest absolute Gasteiger partial charge is 0.300 e. The summed E-state index contributed by atoms with van der Waals surface area (Å²) in [6.45, 7) is 4.14. The number of carbonyl (C=O) groups is 1. The van der Waals surface area contributed by atoms with Crippen LogP contribution in [0.1, 0.15) is 30.9 Å². The molecule has 0 atom stereocenters. The van der Waals surface area contributed by atoms with Crippen molar-refractivity contribution in [3.63, 3.8) is 0 Å². The summed E-state index contributed by atoms with van der Waals surface area (Å²) in [5, 5.41) is 0.752. The van der Waals surface area contributed by atoms with Crippen LogP contribution >= 0.6 is 27.5 Å². The Kier molecular flexibility index (Phi) is 2.68. The fourth-order valence-electron chi connectivity index (χ4n) is 2.13. The molecule has 2 rings (SSSR count). The van der Waals surface area contributed by atoms with Crippen LogP contribution in [0.25, 0.3) is 0 Å². The van der Waals surface area contributed by atoms with Gasteiger partial charge in [-0.1, -0.05) is 40.5 Å². The van der Waals surface area contributed by atoms with Gasteiger partial charge in [0.05, 0.1) is 0 Å². The van der Waals surface area contributed by atoms with Crippen LogP contribution in [-0.2, 0) is 10.2 Å². The number of benzene rings is 1. The van der Waals surface area contributed by atoms with Gasteiger partial charge in [0.1, 0.15) is 5.78 Å². The second kappa shape index (κ2) is 3.60. The summed E-state index contributed by atoms with van der Waals surface area (Å²) in [5.41, 5.74) is 2.22. The van der Waals surface area contributed by atoms with Crippen molar-refractivity contribution in [3.05, 3.63) is 32.8 Å². The predicted molar refractivity (Wildman–Crippen MR) is 65.5 cm³/mol. The second-order valence-corrected chi connectivity index (χ2v) is 5.80. The van der Waals surface area contributed by atoms with Crippen LogP contribution in [0.4, 0.5) is 0 Å². The van der Waals surface area contributed by atoms with Crippen LogP contribution < -0.4 is 0 Å². The molecule has 1 fully saturated rings. The molecule has 1 aromatic carbocycles. The summed E-state index contributed by atoms with van der Waals surface area (Å²) in [6, 6.07) is 4.00. The lowest BCUT2D eigenvalue weighted by molar-refractivity contribution is -0.127. The van der Waals surface area contributed by atoms with Gasteiger partial charge in [-0.15, -0.1) is 0 Å². The lowest BCUT2D eigenvalue weighted by atomic mass is 9.65. The van der Waals surface area contributed by atoms with Crippen LogP contribution in [0.2, 0.25) is 5.02 Å². The van der Waals surface area contributed by atoms with E-state index in [1.807, 2.05) is 13.0 Å². The van der Waals surface area contributed by atoms with E-state index < -0.39 is 0 Å². The first-order valence-electron chi connectivity index (χ1n) is 4.90. The average molecular weight is 288 g/mol. The topological polar surface area (TPSA) is 17.1 Å². The normalized spacial score (nSPS) is 18.8. The molecule has 0 spiro atoms. The lowest BCUT2D eigenvalue weighted by Crippen LogP contribution is -2.39. The summed E-state index contributed by atoms with van der Waals surface area (Å²) in [7, 11) is 0. The van der Waals surface area contributed by atoms with Crippen LogP contribution in [0.5, 0.6) is 0 Å². The second-order valence-electron chi connectivity index (χ2n) is 4.53. The summed E-state index contributed by atoms with van der Waals surface area (Å²) in [6.07, 6.45) is 1.24. The van der Waals surface area contributed by atoms with Crippen molar-refractivity contribution in [2.45, 2.75) is 32.1 Å². The maximum atomic E-state index is 11.1. The molecule has 1 saturated carbocycles. The number of hydrogen-bond donors (Lipinski definition) is 0. The molecule has 1 aliphatic carbocycles. The SMILES string of the molecule is Cc1cc(C2(C)CC(=O)C2)c(Cl)cc1Br. The number of ketones is 1. The molecule has 0 radical (unpaired) electrons. The van der Waals surface area contributed by atoms with Crippen molar-refractivity contribution >= 4 is 33.3 Å². The molecule has 0 aliphatic heterocycles. The molecular formula is C12H12BrClO. The molecule has 80 valence electrons. The Labute approximate surface area is 103 Å². The minimum atomic E-state index is -0.0420. The van der Waals surface area contributed by atoms with Crippen LogP contribution in [0, 0.1) is 6.92 Å². The maximum Gasteiger partial charge on any atom is 0.134 e. The van der Waals surface area contributed by atoms with Gasteiger partial charge in [0, 0.05) is 27.8 Å². The summed E-state index contributed by atoms with van der Waals surface area (Å²) in [5.74, 6) is 0.328. The van der Waals surface area contributed by atoms with Crippen molar-refractivity contribution in [1.82, 2.24) is 0 Å². The quantitative estimate of drug-likeness (QED) is 0.762. The molecule has 0 heterocycles. The van der Waals surface area contributed by atoms with E-state index in [1.165, 1.54) is 0 Å². The van der Waals surface area contributed by atoms with Gasteiger partial charge in [0.25, 0.3) is 0 Å². The van der Waals surface area contributed by atoms with Crippen molar-refractivity contribution in [2.75, 3.05) is 0 Å². The smallest absolute Gasteiger partial charge is 0.134 e. The molecule has 0 saturated heterocycles. The Morgan fingerprint density at radius 2 is 2.00 bits per heavy atom. The molecule has 0 N–H and O–H groups in total. The van der Waals surface area contributed by atoms with Gasteiger partial charge in [-0.25, -0.2) is 0 Å². The fraction of sp³-hybridized carbons (Fsp3) is 0.417. The molecule has 0 aromatic heterocycles. The number of Topliss-reactive ketones (excluding diaryl/α,β-unsaturated/α-hetero) is 1. The molecule has 3 heteroatoms. The average Bonchev–Trinajstić information content (AvgIpc) is 2.08. The van der Waals surface area contributed by atoms with Gasteiger partial charge in [0.2, 0.25) is 0 Å². The van der Waals surface area contributed by atoms with Gasteiger partial charge < -0.3 is 0 Å². The first kappa shape index (κ1) is 11.2. The summed E-state index contributed by atoms with van der Waals surface area (Å²) < 4.78 is 1.02. The highest BCUT2D eigenvalue weighted by Gasteiger charge is 2.41. The minimum Gasteiger partial charge on any atom is -0.300 e. The zero-order valence-electron chi connectivity index (χ0n) is 8.73. The number of hydrogen-bond acceptors (Lipinski definition) is 1. The Morgan fingerprint density at radius 1 is 1.40 bits per heavy atom. The Hall–Kier alpha value is -0.340. The van der Waals surface area contributed by atoms with E-state index in [2.05, 4.69) is 28.9 Å². The van der Waals surface area contributed by atoms with E-state index in [4.69, 9.17) is 11.6 Å². The highest BCUT2D eigenvalue weighted by molar-refractivity contribution is 9.10. The first-order valence-corrected chi connectivity index (χ1v) is 6.07. The standard InChI is InChI=1S/C12H12BrClO/c1-7-3-9(11(14)4-10(7)13)12(2)5-8(15)6-12/h3-4H,5-6H2,1-2H3. The van der Waals surface area contributed by atoms with E-state index >= 15 is 0 Å². The molecule has 0 unspecified atom stereocenters. The highest BCUT2D eigenvalue weighted by atomic mass is 79.9. The molecule has 1 aliphatic rings. The summed E-state index contributed by atoms with van der Waals surface area (Å²) in [4.78, 5) is 11.1. The zero-order chi connectivity index (χ0) is 11.2. The lowest BCUT2D eigenvalue weighted by Gasteiger charge is -2.38. The molecule has 15 heavy (non-hydrogen) atoms. The van der Waals surface area contributed by atoms with E-state index in [0.29, 0.717) is 18.6 Å². The van der Waals surface area contributed by atoms with Crippen molar-refractivity contribution < 1.29 is 4.79 Å². The van der Waals surface area contributed by atoms with E-state index in [0.717, 1.165) is 20.6 Å². The van der Waals surface area contributed by atoms with Crippen molar-refractivity contribution in [3.8, 4) is 0 Å². The van der Waals surface area contributed by atoms with Crippen molar-refractivity contribution in [1.29, 1.82) is 0 Å². The highest BCUT2D eigenvalue weighted by Crippen LogP contribution is 2.44. The molecule has 0 bridgehead atoms. The third-order valence-electron chi connectivity index (χ3n) is 3.07. The number of aryl methyl sites for hydroxylation is 1. The number of halogens is 2. The fourth-order valence-corrected chi connectivity index (χ4v) is 3.00.